The van der Waals surface area contributed by atoms with E-state index < -0.39 is 31.0 Å². The molecule has 3 rings (SSSR count). The number of aromatic nitrogens is 3. The molecular formula is C11H12F2N4O3. The van der Waals surface area contributed by atoms with Crippen molar-refractivity contribution in [3.05, 3.63) is 18.6 Å². The number of nitrogens with zero attached hydrogens (tertiary/aromatic N) is 3. The van der Waals surface area contributed by atoms with Gasteiger partial charge in [0.1, 0.15) is 23.9 Å². The lowest BCUT2D eigenvalue weighted by Crippen LogP contribution is -2.39. The van der Waals surface area contributed by atoms with Crippen LogP contribution in [0.3, 0.4) is 0 Å². The van der Waals surface area contributed by atoms with Gasteiger partial charge in [-0.15, -0.1) is 0 Å². The highest BCUT2D eigenvalue weighted by Crippen LogP contribution is 2.43. The summed E-state index contributed by atoms with van der Waals surface area (Å²) < 4.78 is 34.2. The van der Waals surface area contributed by atoms with E-state index in [0.29, 0.717) is 5.39 Å². The molecular weight excluding hydrogens is 274 g/mol. The van der Waals surface area contributed by atoms with Gasteiger partial charge in [0.15, 0.2) is 6.10 Å². The zero-order chi connectivity index (χ0) is 14.5. The van der Waals surface area contributed by atoms with Crippen LogP contribution in [-0.2, 0) is 4.74 Å². The summed E-state index contributed by atoms with van der Waals surface area (Å²) in [6.45, 7) is -0.705. The molecule has 1 saturated heterocycles. The summed E-state index contributed by atoms with van der Waals surface area (Å²) >= 11 is 0. The predicted octanol–water partition coefficient (Wildman–Crippen LogP) is -0.101. The van der Waals surface area contributed by atoms with Crippen molar-refractivity contribution >= 4 is 16.9 Å². The zero-order valence-electron chi connectivity index (χ0n) is 10.1. The van der Waals surface area contributed by atoms with Crippen LogP contribution in [0.4, 0.5) is 14.6 Å². The summed E-state index contributed by atoms with van der Waals surface area (Å²) in [5, 5.41) is 18.9. The number of ether oxygens (including phenoxy) is 1. The number of nitrogens with two attached hydrogens (primary N) is 1. The standard InChI is InChI=1S/C11H12F2N4O3/c12-11(13)7(19)6(3-18)20-10(11)17-2-1-5-8(14)15-4-16-9(5)17/h1-2,4,6-7,10,18-19H,3H2,(H2,14,15,16)/t6-,7-,10?/m1/s1. The van der Waals surface area contributed by atoms with Crippen LogP contribution in [0.15, 0.2) is 18.6 Å². The monoisotopic (exact) mass is 286 g/mol. The second kappa shape index (κ2) is 4.33. The number of aliphatic hydroxyl groups is 2. The maximum absolute atomic E-state index is 14.0. The Bertz CT molecular complexity index is 648. The van der Waals surface area contributed by atoms with E-state index in [1.165, 1.54) is 12.3 Å². The first-order chi connectivity index (χ1) is 9.46. The summed E-state index contributed by atoms with van der Waals surface area (Å²) in [6.07, 6.45) is -2.72. The molecule has 3 atom stereocenters. The van der Waals surface area contributed by atoms with E-state index in [0.717, 1.165) is 10.9 Å². The second-order valence-corrected chi connectivity index (χ2v) is 4.55. The predicted molar refractivity (Wildman–Crippen MR) is 63.9 cm³/mol. The zero-order valence-corrected chi connectivity index (χ0v) is 10.1. The third-order valence-corrected chi connectivity index (χ3v) is 3.35. The molecule has 108 valence electrons. The number of fused-ring (bicyclic) bond motifs is 1. The van der Waals surface area contributed by atoms with Gasteiger partial charge in [-0.3, -0.25) is 0 Å². The van der Waals surface area contributed by atoms with Gasteiger partial charge < -0.3 is 25.3 Å². The maximum atomic E-state index is 14.0. The lowest BCUT2D eigenvalue weighted by atomic mass is 10.1. The number of hydrogen-bond donors (Lipinski definition) is 3. The molecule has 20 heavy (non-hydrogen) atoms. The molecule has 7 nitrogen and oxygen atoms in total. The number of alkyl halides is 2. The first-order valence-electron chi connectivity index (χ1n) is 5.86. The summed E-state index contributed by atoms with van der Waals surface area (Å²) in [5.41, 5.74) is 5.81. The number of anilines is 1. The van der Waals surface area contributed by atoms with Gasteiger partial charge in [0.05, 0.1) is 12.0 Å². The van der Waals surface area contributed by atoms with Crippen molar-refractivity contribution in [2.24, 2.45) is 0 Å². The number of halogens is 2. The quantitative estimate of drug-likeness (QED) is 0.711. The summed E-state index contributed by atoms with van der Waals surface area (Å²) in [4.78, 5) is 7.67. The third kappa shape index (κ3) is 1.67. The van der Waals surface area contributed by atoms with Crippen LogP contribution in [0.25, 0.3) is 11.0 Å². The van der Waals surface area contributed by atoms with Gasteiger partial charge in [-0.1, -0.05) is 0 Å². The Balaban J connectivity index is 2.10. The summed E-state index contributed by atoms with van der Waals surface area (Å²) in [5.74, 6) is -3.40. The Morgan fingerprint density at radius 3 is 2.85 bits per heavy atom. The van der Waals surface area contributed by atoms with Gasteiger partial charge in [0.25, 0.3) is 0 Å². The molecule has 1 fully saturated rings. The fourth-order valence-electron chi connectivity index (χ4n) is 2.30. The molecule has 0 spiro atoms. The normalized spacial score (nSPS) is 29.1. The molecule has 0 saturated carbocycles. The molecule has 0 aliphatic carbocycles. The highest BCUT2D eigenvalue weighted by Gasteiger charge is 2.59. The van der Waals surface area contributed by atoms with Gasteiger partial charge in [0.2, 0.25) is 6.23 Å². The summed E-state index contributed by atoms with van der Waals surface area (Å²) in [6, 6.07) is 1.49. The Labute approximate surface area is 111 Å². The number of nitrogen functional groups attached to an aromatic ring is 1. The molecule has 3 heterocycles. The maximum Gasteiger partial charge on any atom is 0.320 e. The Morgan fingerprint density at radius 2 is 2.20 bits per heavy atom. The van der Waals surface area contributed by atoms with E-state index >= 15 is 0 Å². The van der Waals surface area contributed by atoms with E-state index in [1.807, 2.05) is 0 Å². The van der Waals surface area contributed by atoms with Crippen LogP contribution in [0, 0.1) is 0 Å². The lowest BCUT2D eigenvalue weighted by Gasteiger charge is -2.21. The van der Waals surface area contributed by atoms with Gasteiger partial charge in [-0.05, 0) is 6.07 Å². The van der Waals surface area contributed by atoms with Crippen LogP contribution in [0.1, 0.15) is 6.23 Å². The molecule has 4 N–H and O–H groups in total. The van der Waals surface area contributed by atoms with E-state index in [4.69, 9.17) is 15.6 Å². The fraction of sp³-hybridized carbons (Fsp3) is 0.455. The van der Waals surface area contributed by atoms with E-state index in [9.17, 15) is 13.9 Å². The van der Waals surface area contributed by atoms with Crippen LogP contribution >= 0.6 is 0 Å². The van der Waals surface area contributed by atoms with Gasteiger partial charge in [-0.2, -0.15) is 8.78 Å². The van der Waals surface area contributed by atoms with E-state index in [1.54, 1.807) is 0 Å². The molecule has 0 bridgehead atoms. The lowest BCUT2D eigenvalue weighted by molar-refractivity contribution is -0.138. The van der Waals surface area contributed by atoms with E-state index in [-0.39, 0.29) is 11.5 Å². The molecule has 1 unspecified atom stereocenters. The fourth-order valence-corrected chi connectivity index (χ4v) is 2.30. The van der Waals surface area contributed by atoms with Crippen LogP contribution < -0.4 is 5.73 Å². The van der Waals surface area contributed by atoms with Gasteiger partial charge >= 0.3 is 5.92 Å². The van der Waals surface area contributed by atoms with E-state index in [2.05, 4.69) is 9.97 Å². The highest BCUT2D eigenvalue weighted by atomic mass is 19.3. The molecule has 2 aromatic heterocycles. The molecule has 1 aliphatic heterocycles. The first kappa shape index (κ1) is 13.2. The first-order valence-corrected chi connectivity index (χ1v) is 5.86. The SMILES string of the molecule is Nc1ncnc2c1ccn2C1O[C@H](CO)[C@@H](O)C1(F)F. The van der Waals surface area contributed by atoms with Crippen LogP contribution in [0.2, 0.25) is 0 Å². The molecule has 0 radical (unpaired) electrons. The number of aliphatic hydroxyl groups excluding tert-OH is 2. The molecule has 1 aliphatic rings. The molecule has 2 aromatic rings. The Hall–Kier alpha value is -1.84. The minimum Gasteiger partial charge on any atom is -0.394 e. The van der Waals surface area contributed by atoms with Crippen molar-refractivity contribution < 1.29 is 23.7 Å². The average Bonchev–Trinajstić information content (AvgIpc) is 2.92. The minimum atomic E-state index is -3.56. The average molecular weight is 286 g/mol. The molecule has 0 aromatic carbocycles. The summed E-state index contributed by atoms with van der Waals surface area (Å²) in [7, 11) is 0. The second-order valence-electron chi connectivity index (χ2n) is 4.55. The van der Waals surface area contributed by atoms with Crippen molar-refractivity contribution in [1.82, 2.24) is 14.5 Å². The minimum absolute atomic E-state index is 0.161. The van der Waals surface area contributed by atoms with Gasteiger partial charge in [-0.25, -0.2) is 9.97 Å². The van der Waals surface area contributed by atoms with Crippen molar-refractivity contribution in [3.8, 4) is 0 Å². The molecule has 0 amide bonds. The van der Waals surface area contributed by atoms with Crippen molar-refractivity contribution in [2.45, 2.75) is 24.4 Å². The highest BCUT2D eigenvalue weighted by molar-refractivity contribution is 5.86. The van der Waals surface area contributed by atoms with Gasteiger partial charge in [0, 0.05) is 6.20 Å². The van der Waals surface area contributed by atoms with Crippen LogP contribution in [0.5, 0.6) is 0 Å². The number of hydrogen-bond acceptors (Lipinski definition) is 6. The Morgan fingerprint density at radius 1 is 1.45 bits per heavy atom. The van der Waals surface area contributed by atoms with Crippen molar-refractivity contribution in [2.75, 3.05) is 12.3 Å². The third-order valence-electron chi connectivity index (χ3n) is 3.35. The molecule has 9 heteroatoms. The topological polar surface area (TPSA) is 106 Å². The van der Waals surface area contributed by atoms with Crippen LogP contribution in [-0.4, -0.2) is 49.5 Å². The number of rotatable bonds is 2. The van der Waals surface area contributed by atoms with Crippen molar-refractivity contribution in [3.63, 3.8) is 0 Å². The smallest absolute Gasteiger partial charge is 0.320 e. The van der Waals surface area contributed by atoms with Crippen molar-refractivity contribution in [1.29, 1.82) is 0 Å². The largest absolute Gasteiger partial charge is 0.394 e. The Kier molecular flexibility index (Phi) is 2.85.